The summed E-state index contributed by atoms with van der Waals surface area (Å²) < 4.78 is 52.8. The molecule has 3 aromatic heterocycles. The van der Waals surface area contributed by atoms with Crippen molar-refractivity contribution in [2.45, 2.75) is 55.3 Å². The number of nitrogens with two attached hydrogens (primary N) is 2. The van der Waals surface area contributed by atoms with Gasteiger partial charge in [-0.25, -0.2) is 14.4 Å². The van der Waals surface area contributed by atoms with E-state index in [2.05, 4.69) is 30.2 Å². The third-order valence-corrected chi connectivity index (χ3v) is 10.6. The van der Waals surface area contributed by atoms with E-state index < -0.39 is 87.5 Å². The Balaban J connectivity index is 1.19. The first-order chi connectivity index (χ1) is 21.3. The quantitative estimate of drug-likeness (QED) is 0.153. The summed E-state index contributed by atoms with van der Waals surface area (Å²) in [5, 5.41) is 14.0. The van der Waals surface area contributed by atoms with Gasteiger partial charge in [-0.05, 0) is 23.6 Å². The van der Waals surface area contributed by atoms with Gasteiger partial charge in [0.15, 0.2) is 29.8 Å². The second-order valence-corrected chi connectivity index (χ2v) is 15.8. The van der Waals surface area contributed by atoms with Crippen LogP contribution >= 0.6 is 13.4 Å². The van der Waals surface area contributed by atoms with Crippen LogP contribution in [0.25, 0.3) is 11.2 Å². The lowest BCUT2D eigenvalue weighted by Gasteiger charge is -2.27. The summed E-state index contributed by atoms with van der Waals surface area (Å²) in [6.45, 7) is -9.68. The smallest absolute Gasteiger partial charge is 0.325 e. The molecule has 244 valence electrons. The molecule has 25 heteroatoms. The van der Waals surface area contributed by atoms with E-state index in [0.29, 0.717) is 11.5 Å². The fourth-order valence-corrected chi connectivity index (χ4v) is 8.24. The predicted molar refractivity (Wildman–Crippen MR) is 157 cm³/mol. The molecule has 3 fully saturated rings. The van der Waals surface area contributed by atoms with E-state index in [9.17, 15) is 19.7 Å². The number of hydrogen-bond donors (Lipinski definition) is 7. The largest absolute Gasteiger partial charge is 0.387 e. The fourth-order valence-electron chi connectivity index (χ4n) is 5.39. The van der Waals surface area contributed by atoms with Crippen LogP contribution in [0.2, 0.25) is 0 Å². The van der Waals surface area contributed by atoms with Crippen LogP contribution in [0.1, 0.15) is 24.3 Å². The number of halogens is 1. The number of nitrogen functional groups attached to an aromatic ring is 1. The molecule has 0 aromatic carbocycles. The minimum atomic E-state index is -4.26. The molecule has 11 atom stereocenters. The Hall–Kier alpha value is -2.34. The van der Waals surface area contributed by atoms with Gasteiger partial charge >= 0.3 is 13.4 Å². The van der Waals surface area contributed by atoms with Gasteiger partial charge < -0.3 is 50.2 Å². The van der Waals surface area contributed by atoms with Crippen molar-refractivity contribution in [1.29, 1.82) is 0 Å². The zero-order chi connectivity index (χ0) is 31.8. The van der Waals surface area contributed by atoms with Crippen molar-refractivity contribution >= 4 is 66.3 Å². The Morgan fingerprint density at radius 1 is 1.02 bits per heavy atom. The lowest BCUT2D eigenvalue weighted by atomic mass is 10.1. The molecule has 4 aliphatic rings. The molecular formula is C20H25FN10O10P2S2. The van der Waals surface area contributed by atoms with Crippen molar-refractivity contribution in [1.82, 2.24) is 29.1 Å². The van der Waals surface area contributed by atoms with E-state index in [1.54, 1.807) is 0 Å². The summed E-state index contributed by atoms with van der Waals surface area (Å²) in [6.07, 6.45) is -8.83. The van der Waals surface area contributed by atoms with Gasteiger partial charge in [0.25, 0.3) is 5.56 Å². The predicted octanol–water partition coefficient (Wildman–Crippen LogP) is -1.25. The molecule has 3 aromatic rings. The van der Waals surface area contributed by atoms with E-state index in [1.807, 2.05) is 0 Å². The lowest BCUT2D eigenvalue weighted by Crippen LogP contribution is -2.35. The first-order valence-corrected chi connectivity index (χ1v) is 18.3. The third kappa shape index (κ3) is 5.65. The van der Waals surface area contributed by atoms with Crippen molar-refractivity contribution in [3.05, 3.63) is 28.7 Å². The number of nitrogens with zero attached hydrogens (tertiary/aromatic N) is 6. The maximum absolute atomic E-state index is 16.0. The van der Waals surface area contributed by atoms with Gasteiger partial charge in [0.1, 0.15) is 48.2 Å². The van der Waals surface area contributed by atoms with E-state index >= 15 is 4.39 Å². The minimum Gasteiger partial charge on any atom is -0.387 e. The van der Waals surface area contributed by atoms with Crippen LogP contribution in [-0.4, -0.2) is 100 Å². The van der Waals surface area contributed by atoms with Gasteiger partial charge in [-0.3, -0.25) is 33.0 Å². The normalized spacial score (nSPS) is 40.2. The third-order valence-electron chi connectivity index (χ3n) is 7.43. The number of alkyl halides is 1. The molecule has 45 heavy (non-hydrogen) atoms. The Morgan fingerprint density at radius 2 is 1.69 bits per heavy atom. The highest BCUT2D eigenvalue weighted by molar-refractivity contribution is 8.07. The summed E-state index contributed by atoms with van der Waals surface area (Å²) in [7, 11) is 0. The van der Waals surface area contributed by atoms with Crippen molar-refractivity contribution in [3.8, 4) is 0 Å². The van der Waals surface area contributed by atoms with Gasteiger partial charge in [0.2, 0.25) is 5.95 Å². The van der Waals surface area contributed by atoms with E-state index in [4.69, 9.17) is 62.6 Å². The van der Waals surface area contributed by atoms with Crippen LogP contribution in [0, 0.1) is 0 Å². The van der Waals surface area contributed by atoms with Crippen molar-refractivity contribution in [2.24, 2.45) is 10.7 Å². The highest BCUT2D eigenvalue weighted by Gasteiger charge is 2.53. The molecule has 2 bridgehead atoms. The molecule has 0 radical (unpaired) electrons. The highest BCUT2D eigenvalue weighted by atomic mass is 32.5. The second-order valence-electron chi connectivity index (χ2n) is 10.3. The number of aliphatic hydroxyl groups is 1. The number of imidazole rings is 2. The fraction of sp³-hybridized carbons (Fsp3) is 0.550. The summed E-state index contributed by atoms with van der Waals surface area (Å²) >= 11 is 10.4. The maximum Gasteiger partial charge on any atom is 0.325 e. The molecule has 4 aliphatic heterocycles. The number of anilines is 2. The number of H-pyrrole nitrogens is 1. The second kappa shape index (κ2) is 11.4. The van der Waals surface area contributed by atoms with E-state index in [0.717, 1.165) is 0 Å². The molecule has 7 rings (SSSR count). The maximum atomic E-state index is 16.0. The van der Waals surface area contributed by atoms with Crippen molar-refractivity contribution < 1.29 is 46.9 Å². The summed E-state index contributed by atoms with van der Waals surface area (Å²) in [6, 6.07) is 0. The number of aliphatic hydroxyl groups excluding tert-OH is 1. The Morgan fingerprint density at radius 3 is 2.44 bits per heavy atom. The molecular weight excluding hydrogens is 685 g/mol. The van der Waals surface area contributed by atoms with Crippen LogP contribution < -0.4 is 22.3 Å². The van der Waals surface area contributed by atoms with Crippen molar-refractivity contribution in [2.75, 3.05) is 24.3 Å². The number of aliphatic imine (C=N–C) groups is 1. The Bertz CT molecular complexity index is 1830. The van der Waals surface area contributed by atoms with E-state index in [-0.39, 0.29) is 17.1 Å². The number of hydrogen-bond acceptors (Lipinski definition) is 17. The zero-order valence-electron chi connectivity index (χ0n) is 22.5. The number of aromatic amines is 1. The van der Waals surface area contributed by atoms with Crippen molar-refractivity contribution in [3.63, 3.8) is 0 Å². The number of aromatic nitrogens is 6. The molecule has 0 saturated carbocycles. The van der Waals surface area contributed by atoms with Crippen LogP contribution in [0.4, 0.5) is 16.2 Å². The Kier molecular flexibility index (Phi) is 7.94. The molecule has 3 unspecified atom stereocenters. The van der Waals surface area contributed by atoms with Gasteiger partial charge in [0, 0.05) is 0 Å². The topological polar surface area (TPSA) is 274 Å². The van der Waals surface area contributed by atoms with Gasteiger partial charge in [-0.1, -0.05) is 0 Å². The van der Waals surface area contributed by atoms with Crippen LogP contribution in [-0.2, 0) is 51.2 Å². The molecule has 3 saturated heterocycles. The van der Waals surface area contributed by atoms with Gasteiger partial charge in [-0.15, -0.1) is 0 Å². The van der Waals surface area contributed by atoms with Crippen LogP contribution in [0.5, 0.6) is 0 Å². The number of ether oxygens (including phenoxy) is 2. The van der Waals surface area contributed by atoms with E-state index in [1.165, 1.54) is 28.1 Å². The zero-order valence-corrected chi connectivity index (χ0v) is 25.9. The number of nitrogens with one attached hydrogen (secondary N) is 2. The average Bonchev–Trinajstić information content (AvgIpc) is 3.72. The minimum absolute atomic E-state index is 0.0295. The lowest BCUT2D eigenvalue weighted by molar-refractivity contribution is -0.0604. The molecule has 0 spiro atoms. The number of rotatable bonds is 2. The highest BCUT2D eigenvalue weighted by Crippen LogP contribution is 2.54. The van der Waals surface area contributed by atoms with Gasteiger partial charge in [-0.2, -0.15) is 4.98 Å². The molecule has 9 N–H and O–H groups in total. The number of fused-ring (bicyclic) bond motifs is 5. The van der Waals surface area contributed by atoms with Crippen LogP contribution in [0.3, 0.4) is 0 Å². The SMILES string of the molecule is Nc1nc2c(ncn2[C@@H]2O[C@@H]3COP(O)(=S)O[C@H]4[C@H](F)[C@H](n5cnc6c5NC=NC6N)O[C@@H]4COP(O)(=S)O[C@@H]2[C@@H]3O)c(=O)[nH]1. The molecule has 0 amide bonds. The summed E-state index contributed by atoms with van der Waals surface area (Å²) in [5.41, 5.74) is 11.2. The first kappa shape index (κ1) is 31.3. The average molecular weight is 711 g/mol. The molecule has 0 aliphatic carbocycles. The first-order valence-electron chi connectivity index (χ1n) is 13.1. The molecule has 20 nitrogen and oxygen atoms in total. The summed E-state index contributed by atoms with van der Waals surface area (Å²) in [5.74, 6) is 0.0914. The summed E-state index contributed by atoms with van der Waals surface area (Å²) in [4.78, 5) is 53.0. The monoisotopic (exact) mass is 710 g/mol. The Labute approximate surface area is 261 Å². The molecule has 7 heterocycles. The van der Waals surface area contributed by atoms with Gasteiger partial charge in [0.05, 0.1) is 32.2 Å². The van der Waals surface area contributed by atoms with Crippen LogP contribution in [0.15, 0.2) is 22.4 Å². The standard InChI is InChI=1S/C20H25FN10O10P2S2/c21-8-12-7(39-18(8)30-4-26-9-14(22)24-3-25-15(9)30)2-37-43(35,45)41-13-11(32)6(1-36-42(34,44)40-12)38-19(13)31-5-27-10-16(31)28-20(23)29-17(10)33/h3-8,11-14,18-19,32H,1-2,22H2,(H,24,25)(H,34,44)(H,35,45)(H3,23,28,29,33)/t6-,7-,8+,11-,12-,13-,14?,18-,19-,42?,43?/m1/s1.